The Balaban J connectivity index is 3.18. The number of hydrogen-bond donors (Lipinski definition) is 1. The molecule has 0 fully saturated rings. The highest BCUT2D eigenvalue weighted by molar-refractivity contribution is 5.94. The zero-order valence-corrected chi connectivity index (χ0v) is 9.85. The van der Waals surface area contributed by atoms with Crippen LogP contribution in [0.4, 0.5) is 5.69 Å². The van der Waals surface area contributed by atoms with E-state index in [-0.39, 0.29) is 11.3 Å². The number of hydrogen-bond acceptors (Lipinski definition) is 4. The molecule has 0 amide bonds. The lowest BCUT2D eigenvalue weighted by Gasteiger charge is -2.21. The van der Waals surface area contributed by atoms with Crippen molar-refractivity contribution in [1.29, 1.82) is 0 Å². The van der Waals surface area contributed by atoms with Crippen LogP contribution in [0.2, 0.25) is 0 Å². The summed E-state index contributed by atoms with van der Waals surface area (Å²) in [4.78, 5) is 24.4. The van der Waals surface area contributed by atoms with Crippen molar-refractivity contribution in [2.24, 2.45) is 4.99 Å². The number of carboxylic acid groups (broad SMARTS) is 1. The van der Waals surface area contributed by atoms with Gasteiger partial charge < -0.3 is 9.84 Å². The number of carbonyl (C=O) groups excluding carboxylic acids is 1. The number of rotatable bonds is 3. The Morgan fingerprint density at radius 3 is 2.53 bits per heavy atom. The summed E-state index contributed by atoms with van der Waals surface area (Å²) in [5, 5.41) is 8.89. The van der Waals surface area contributed by atoms with Crippen LogP contribution in [0.1, 0.15) is 31.1 Å². The second-order valence-corrected chi connectivity index (χ2v) is 4.40. The van der Waals surface area contributed by atoms with Crippen LogP contribution in [0, 0.1) is 0 Å². The summed E-state index contributed by atoms with van der Waals surface area (Å²) in [6.45, 7) is 5.59. The van der Waals surface area contributed by atoms with E-state index < -0.39 is 11.6 Å². The number of aromatic carboxylic acids is 1. The van der Waals surface area contributed by atoms with Crippen molar-refractivity contribution >= 4 is 17.7 Å². The SMILES string of the molecule is CC(C)(C)Oc1ccc(C(=O)O)c(N=C=O)c1. The average Bonchev–Trinajstić information content (AvgIpc) is 2.15. The quantitative estimate of drug-likeness (QED) is 0.645. The van der Waals surface area contributed by atoms with Crippen LogP contribution in [0.5, 0.6) is 5.75 Å². The van der Waals surface area contributed by atoms with Gasteiger partial charge in [-0.1, -0.05) is 0 Å². The fourth-order valence-electron chi connectivity index (χ4n) is 1.25. The third-order valence-electron chi connectivity index (χ3n) is 1.79. The monoisotopic (exact) mass is 235 g/mol. The minimum atomic E-state index is -1.15. The maximum Gasteiger partial charge on any atom is 0.337 e. The normalized spacial score (nSPS) is 10.5. The molecule has 0 aliphatic carbocycles. The van der Waals surface area contributed by atoms with Crippen LogP contribution < -0.4 is 4.74 Å². The first-order chi connectivity index (χ1) is 7.83. The van der Waals surface area contributed by atoms with Crippen LogP contribution in [-0.2, 0) is 4.79 Å². The summed E-state index contributed by atoms with van der Waals surface area (Å²) < 4.78 is 5.54. The Labute approximate surface area is 98.7 Å². The maximum absolute atomic E-state index is 10.9. The predicted molar refractivity (Wildman–Crippen MR) is 61.6 cm³/mol. The van der Waals surface area contributed by atoms with E-state index in [0.29, 0.717) is 5.75 Å². The van der Waals surface area contributed by atoms with Crippen LogP contribution in [0.3, 0.4) is 0 Å². The molecule has 0 bridgehead atoms. The van der Waals surface area contributed by atoms with E-state index in [1.165, 1.54) is 24.3 Å². The number of ether oxygens (including phenoxy) is 1. The van der Waals surface area contributed by atoms with Gasteiger partial charge in [-0.05, 0) is 32.9 Å². The van der Waals surface area contributed by atoms with Gasteiger partial charge in [0.15, 0.2) is 0 Å². The molecule has 0 aliphatic heterocycles. The molecule has 1 aromatic carbocycles. The highest BCUT2D eigenvalue weighted by Gasteiger charge is 2.15. The van der Waals surface area contributed by atoms with Crippen LogP contribution in [0.25, 0.3) is 0 Å². The predicted octanol–water partition coefficient (Wildman–Crippen LogP) is 2.53. The van der Waals surface area contributed by atoms with Crippen molar-refractivity contribution in [2.45, 2.75) is 26.4 Å². The molecule has 5 nitrogen and oxygen atoms in total. The number of aliphatic imine (C=N–C) groups is 1. The molecule has 90 valence electrons. The third kappa shape index (κ3) is 3.74. The first kappa shape index (κ1) is 12.9. The standard InChI is InChI=1S/C12H13NO4/c1-12(2,3)17-8-4-5-9(11(15)16)10(6-8)13-7-14/h4-6H,1-3H3,(H,15,16). The van der Waals surface area contributed by atoms with Crippen LogP contribution >= 0.6 is 0 Å². The third-order valence-corrected chi connectivity index (χ3v) is 1.79. The van der Waals surface area contributed by atoms with Crippen molar-refractivity contribution in [1.82, 2.24) is 0 Å². The van der Waals surface area contributed by atoms with E-state index in [1.54, 1.807) is 0 Å². The average molecular weight is 235 g/mol. The second kappa shape index (κ2) is 4.80. The van der Waals surface area contributed by atoms with Gasteiger partial charge in [-0.25, -0.2) is 9.59 Å². The second-order valence-electron chi connectivity index (χ2n) is 4.40. The Kier molecular flexibility index (Phi) is 3.66. The molecular weight excluding hydrogens is 222 g/mol. The van der Waals surface area contributed by atoms with Gasteiger partial charge in [-0.15, -0.1) is 0 Å². The highest BCUT2D eigenvalue weighted by atomic mass is 16.5. The molecule has 0 radical (unpaired) electrons. The van der Waals surface area contributed by atoms with E-state index in [9.17, 15) is 9.59 Å². The van der Waals surface area contributed by atoms with Gasteiger partial charge in [0.2, 0.25) is 6.08 Å². The van der Waals surface area contributed by atoms with Crippen molar-refractivity contribution in [3.05, 3.63) is 23.8 Å². The fourth-order valence-corrected chi connectivity index (χ4v) is 1.25. The summed E-state index contributed by atoms with van der Waals surface area (Å²) in [5.41, 5.74) is -0.434. The van der Waals surface area contributed by atoms with Gasteiger partial charge in [0.25, 0.3) is 0 Å². The van der Waals surface area contributed by atoms with Gasteiger partial charge in [-0.2, -0.15) is 4.99 Å². The summed E-state index contributed by atoms with van der Waals surface area (Å²) >= 11 is 0. The zero-order chi connectivity index (χ0) is 13.1. The molecule has 1 rings (SSSR count). The topological polar surface area (TPSA) is 76.0 Å². The van der Waals surface area contributed by atoms with Gasteiger partial charge in [-0.3, -0.25) is 0 Å². The van der Waals surface area contributed by atoms with E-state index >= 15 is 0 Å². The summed E-state index contributed by atoms with van der Waals surface area (Å²) in [6.07, 6.45) is 1.33. The number of nitrogens with zero attached hydrogens (tertiary/aromatic N) is 1. The lowest BCUT2D eigenvalue weighted by Crippen LogP contribution is -2.22. The molecule has 0 unspecified atom stereocenters. The highest BCUT2D eigenvalue weighted by Crippen LogP contribution is 2.27. The van der Waals surface area contributed by atoms with Crippen LogP contribution in [-0.4, -0.2) is 22.8 Å². The Morgan fingerprint density at radius 1 is 1.41 bits per heavy atom. The molecule has 1 N–H and O–H groups in total. The Hall–Kier alpha value is -2.13. The van der Waals surface area contributed by atoms with Gasteiger partial charge >= 0.3 is 5.97 Å². The maximum atomic E-state index is 10.9. The minimum absolute atomic E-state index is 0.0363. The van der Waals surface area contributed by atoms with E-state index in [1.807, 2.05) is 20.8 Å². The lowest BCUT2D eigenvalue weighted by atomic mass is 10.1. The molecular formula is C12H13NO4. The van der Waals surface area contributed by atoms with Gasteiger partial charge in [0, 0.05) is 6.07 Å². The smallest absolute Gasteiger partial charge is 0.337 e. The number of carbonyl (C=O) groups is 1. The molecule has 0 saturated heterocycles. The van der Waals surface area contributed by atoms with Gasteiger partial charge in [0.1, 0.15) is 11.4 Å². The van der Waals surface area contributed by atoms with E-state index in [4.69, 9.17) is 9.84 Å². The summed E-state index contributed by atoms with van der Waals surface area (Å²) in [7, 11) is 0. The zero-order valence-electron chi connectivity index (χ0n) is 9.85. The molecule has 5 heteroatoms. The molecule has 1 aromatic rings. The number of benzene rings is 1. The van der Waals surface area contributed by atoms with Crippen molar-refractivity contribution in [3.8, 4) is 5.75 Å². The summed E-state index contributed by atoms with van der Waals surface area (Å²) in [6, 6.07) is 4.28. The fraction of sp³-hybridized carbons (Fsp3) is 0.333. The van der Waals surface area contributed by atoms with Crippen molar-refractivity contribution in [2.75, 3.05) is 0 Å². The molecule has 0 saturated carbocycles. The first-order valence-electron chi connectivity index (χ1n) is 4.98. The molecule has 0 aromatic heterocycles. The number of isocyanates is 1. The lowest BCUT2D eigenvalue weighted by molar-refractivity contribution is 0.0698. The molecule has 17 heavy (non-hydrogen) atoms. The van der Waals surface area contributed by atoms with Gasteiger partial charge in [0.05, 0.1) is 11.3 Å². The molecule has 0 heterocycles. The Bertz CT molecular complexity index is 482. The molecule has 0 atom stereocenters. The first-order valence-corrected chi connectivity index (χ1v) is 4.98. The van der Waals surface area contributed by atoms with E-state index in [0.717, 1.165) is 0 Å². The largest absolute Gasteiger partial charge is 0.488 e. The van der Waals surface area contributed by atoms with Crippen molar-refractivity contribution in [3.63, 3.8) is 0 Å². The molecule has 0 aliphatic rings. The minimum Gasteiger partial charge on any atom is -0.488 e. The molecule has 0 spiro atoms. The van der Waals surface area contributed by atoms with E-state index in [2.05, 4.69) is 4.99 Å². The summed E-state index contributed by atoms with van der Waals surface area (Å²) in [5.74, 6) is -0.696. The Morgan fingerprint density at radius 2 is 2.06 bits per heavy atom. The number of carboxylic acids is 1. The van der Waals surface area contributed by atoms with Crippen molar-refractivity contribution < 1.29 is 19.4 Å². The van der Waals surface area contributed by atoms with Crippen LogP contribution in [0.15, 0.2) is 23.2 Å².